The maximum atomic E-state index is 3.58. The van der Waals surface area contributed by atoms with Crippen molar-refractivity contribution in [1.82, 2.24) is 0 Å². The van der Waals surface area contributed by atoms with Gasteiger partial charge in [-0.2, -0.15) is 0 Å². The molecule has 0 spiro atoms. The van der Waals surface area contributed by atoms with Gasteiger partial charge in [0.15, 0.2) is 0 Å². The number of halogens is 1. The molecule has 0 aliphatic heterocycles. The van der Waals surface area contributed by atoms with Crippen molar-refractivity contribution in [3.8, 4) is 0 Å². The van der Waals surface area contributed by atoms with Gasteiger partial charge in [0.25, 0.3) is 0 Å². The first-order chi connectivity index (χ1) is 3.31. The molecule has 0 fully saturated rings. The summed E-state index contributed by atoms with van der Waals surface area (Å²) in [5, 5.41) is 0. The average Bonchev–Trinajstić information content (AvgIpc) is 1.68. The molecule has 0 aliphatic carbocycles. The number of alkyl halides is 1. The minimum Gasteiger partial charge on any atom is -1.00 e. The predicted octanol–water partition coefficient (Wildman–Crippen LogP) is -0.371. The fourth-order valence-corrected chi connectivity index (χ4v) is 0.520. The van der Waals surface area contributed by atoms with Crippen LogP contribution in [0.25, 0.3) is 0 Å². The summed E-state index contributed by atoms with van der Waals surface area (Å²) < 4.78 is 0. The van der Waals surface area contributed by atoms with E-state index < -0.39 is 0 Å². The van der Waals surface area contributed by atoms with Crippen LogP contribution in [0.4, 0.5) is 0 Å². The third kappa shape index (κ3) is 6.56. The molecule has 0 heterocycles. The first-order valence-electron chi connectivity index (χ1n) is 2.18. The number of hydrogen-bond donors (Lipinski definition) is 0. The van der Waals surface area contributed by atoms with Crippen LogP contribution in [-0.2, 0) is 0 Å². The number of rotatable bonds is 3. The van der Waals surface area contributed by atoms with E-state index in [-0.39, 0.29) is 20.3 Å². The molecule has 0 aromatic heterocycles. The SMILES string of the molecule is C=CCC(Br)C=C.[H-].[Li+]. The summed E-state index contributed by atoms with van der Waals surface area (Å²) in [7, 11) is 0. The molecular weight excluding hydrogens is 159 g/mol. The van der Waals surface area contributed by atoms with Crippen molar-refractivity contribution in [3.05, 3.63) is 25.3 Å². The first-order valence-corrected chi connectivity index (χ1v) is 3.10. The second kappa shape index (κ2) is 7.56. The Bertz CT molecular complexity index is 75.5. The van der Waals surface area contributed by atoms with E-state index >= 15 is 0 Å². The summed E-state index contributed by atoms with van der Waals surface area (Å²) in [6, 6.07) is 0. The molecule has 42 valence electrons. The van der Waals surface area contributed by atoms with E-state index in [1.54, 1.807) is 0 Å². The molecule has 0 rings (SSSR count). The predicted molar refractivity (Wildman–Crippen MR) is 38.8 cm³/mol. The zero-order chi connectivity index (χ0) is 5.70. The van der Waals surface area contributed by atoms with E-state index in [2.05, 4.69) is 29.1 Å². The summed E-state index contributed by atoms with van der Waals surface area (Å²) in [6.45, 7) is 7.16. The fraction of sp³-hybridized carbons (Fsp3) is 0.333. The van der Waals surface area contributed by atoms with Crippen molar-refractivity contribution in [2.75, 3.05) is 0 Å². The van der Waals surface area contributed by atoms with Crippen molar-refractivity contribution >= 4 is 15.9 Å². The summed E-state index contributed by atoms with van der Waals surface area (Å²) in [5.41, 5.74) is 0. The van der Waals surface area contributed by atoms with E-state index in [9.17, 15) is 0 Å². The molecule has 0 nitrogen and oxygen atoms in total. The van der Waals surface area contributed by atoms with Crippen LogP contribution in [0.2, 0.25) is 0 Å². The monoisotopic (exact) mass is 168 g/mol. The second-order valence-electron chi connectivity index (χ2n) is 1.28. The molecule has 1 atom stereocenters. The second-order valence-corrected chi connectivity index (χ2v) is 2.45. The topological polar surface area (TPSA) is 0 Å². The minimum absolute atomic E-state index is 0. The van der Waals surface area contributed by atoms with Crippen molar-refractivity contribution in [3.63, 3.8) is 0 Å². The number of allylic oxidation sites excluding steroid dienone is 2. The maximum Gasteiger partial charge on any atom is 1.00 e. The van der Waals surface area contributed by atoms with Crippen LogP contribution in [0.5, 0.6) is 0 Å². The van der Waals surface area contributed by atoms with Crippen molar-refractivity contribution in [2.45, 2.75) is 11.2 Å². The molecule has 0 saturated heterocycles. The molecule has 0 saturated carbocycles. The molecule has 0 radical (unpaired) electrons. The Kier molecular flexibility index (Phi) is 10.7. The molecule has 0 bridgehead atoms. The standard InChI is InChI=1S/C6H9Br.Li.H/c1-3-5-6(7)4-2;;/h3-4,6H,1-2,5H2;;/q;+1;-1. The molecule has 0 aliphatic rings. The van der Waals surface area contributed by atoms with E-state index in [1.165, 1.54) is 0 Å². The Morgan fingerprint density at radius 3 is 2.25 bits per heavy atom. The summed E-state index contributed by atoms with van der Waals surface area (Å²) in [5.74, 6) is 0. The van der Waals surface area contributed by atoms with Crippen LogP contribution in [-0.4, -0.2) is 4.83 Å². The van der Waals surface area contributed by atoms with Gasteiger partial charge >= 0.3 is 18.9 Å². The van der Waals surface area contributed by atoms with Gasteiger partial charge in [-0.25, -0.2) is 0 Å². The van der Waals surface area contributed by atoms with Gasteiger partial charge in [0.1, 0.15) is 0 Å². The molecule has 0 N–H and O–H groups in total. The van der Waals surface area contributed by atoms with Crippen LogP contribution < -0.4 is 18.9 Å². The Balaban J connectivity index is -0.000000180. The Labute approximate surface area is 72.8 Å². The Morgan fingerprint density at radius 2 is 2.12 bits per heavy atom. The fourth-order valence-electron chi connectivity index (χ4n) is 0.255. The van der Waals surface area contributed by atoms with E-state index in [0.717, 1.165) is 6.42 Å². The van der Waals surface area contributed by atoms with Gasteiger partial charge in [-0.3, -0.25) is 0 Å². The van der Waals surface area contributed by atoms with Crippen LogP contribution in [0.15, 0.2) is 25.3 Å². The molecule has 0 amide bonds. The van der Waals surface area contributed by atoms with E-state index in [0.29, 0.717) is 4.83 Å². The minimum atomic E-state index is 0. The number of hydrogen-bond acceptors (Lipinski definition) is 0. The molecule has 1 unspecified atom stereocenters. The largest absolute Gasteiger partial charge is 1.00 e. The van der Waals surface area contributed by atoms with Crippen LogP contribution in [0.3, 0.4) is 0 Å². The zero-order valence-corrected chi connectivity index (χ0v) is 6.82. The van der Waals surface area contributed by atoms with Gasteiger partial charge in [-0.05, 0) is 6.42 Å². The average molecular weight is 169 g/mol. The summed E-state index contributed by atoms with van der Waals surface area (Å²) >= 11 is 3.35. The smallest absolute Gasteiger partial charge is 1.00 e. The normalized spacial score (nSPS) is 11.1. The molecule has 2 heteroatoms. The Hall–Kier alpha value is 0.557. The van der Waals surface area contributed by atoms with Gasteiger partial charge < -0.3 is 1.43 Å². The molecular formula is C6H10BrLi. The third-order valence-corrected chi connectivity index (χ3v) is 1.40. The van der Waals surface area contributed by atoms with Crippen molar-refractivity contribution in [1.29, 1.82) is 0 Å². The van der Waals surface area contributed by atoms with E-state index in [1.807, 2.05) is 12.2 Å². The zero-order valence-electron chi connectivity index (χ0n) is 6.23. The van der Waals surface area contributed by atoms with Crippen LogP contribution >= 0.6 is 15.9 Å². The van der Waals surface area contributed by atoms with Gasteiger partial charge in [0.2, 0.25) is 0 Å². The Morgan fingerprint density at radius 1 is 1.62 bits per heavy atom. The van der Waals surface area contributed by atoms with Gasteiger partial charge in [-0.1, -0.05) is 28.1 Å². The first kappa shape index (κ1) is 11.4. The summed E-state index contributed by atoms with van der Waals surface area (Å²) in [4.78, 5) is 0.407. The van der Waals surface area contributed by atoms with Crippen molar-refractivity contribution in [2.24, 2.45) is 0 Å². The molecule has 8 heavy (non-hydrogen) atoms. The molecule has 0 aromatic rings. The quantitative estimate of drug-likeness (QED) is 0.307. The van der Waals surface area contributed by atoms with Gasteiger partial charge in [0, 0.05) is 4.83 Å². The third-order valence-electron chi connectivity index (χ3n) is 0.648. The van der Waals surface area contributed by atoms with Crippen molar-refractivity contribution < 1.29 is 20.3 Å². The van der Waals surface area contributed by atoms with Crippen LogP contribution in [0.1, 0.15) is 7.85 Å². The van der Waals surface area contributed by atoms with Crippen LogP contribution in [0, 0.1) is 0 Å². The van der Waals surface area contributed by atoms with Gasteiger partial charge in [0.05, 0.1) is 0 Å². The maximum absolute atomic E-state index is 3.58. The van der Waals surface area contributed by atoms with E-state index in [4.69, 9.17) is 0 Å². The molecule has 0 aromatic carbocycles. The summed E-state index contributed by atoms with van der Waals surface area (Å²) in [6.07, 6.45) is 4.67. The van der Waals surface area contributed by atoms with Gasteiger partial charge in [-0.15, -0.1) is 13.2 Å².